The van der Waals surface area contributed by atoms with Crippen molar-refractivity contribution in [1.82, 2.24) is 0 Å². The van der Waals surface area contributed by atoms with E-state index in [0.717, 1.165) is 0 Å². The van der Waals surface area contributed by atoms with E-state index in [2.05, 4.69) is 0 Å². The summed E-state index contributed by atoms with van der Waals surface area (Å²) in [6.07, 6.45) is -0.509. The fraction of sp³-hybridized carbons (Fsp3) is 0.900. The Morgan fingerprint density at radius 1 is 1.12 bits per heavy atom. The molecule has 16 heavy (non-hydrogen) atoms. The highest BCUT2D eigenvalue weighted by molar-refractivity contribution is 7.85. The van der Waals surface area contributed by atoms with Crippen molar-refractivity contribution in [2.45, 2.75) is 27.1 Å². The first kappa shape index (κ1) is 15.5. The normalized spacial score (nSPS) is 12.8. The SMILES string of the molecule is CCOC(=O)CS(=O)CC(OCC)OCC. The molecule has 0 spiro atoms. The molecule has 1 atom stereocenters. The second-order valence-electron chi connectivity index (χ2n) is 2.90. The van der Waals surface area contributed by atoms with Crippen molar-refractivity contribution in [2.75, 3.05) is 31.3 Å². The Bertz CT molecular complexity index is 213. The lowest BCUT2D eigenvalue weighted by molar-refractivity contribution is -0.139. The first-order valence-electron chi connectivity index (χ1n) is 5.37. The van der Waals surface area contributed by atoms with Crippen molar-refractivity contribution in [2.24, 2.45) is 0 Å². The highest BCUT2D eigenvalue weighted by Gasteiger charge is 2.15. The average Bonchev–Trinajstić information content (AvgIpc) is 2.18. The third-order valence-corrected chi connectivity index (χ3v) is 2.81. The zero-order valence-corrected chi connectivity index (χ0v) is 10.9. The molecule has 0 rings (SSSR count). The predicted molar refractivity (Wildman–Crippen MR) is 61.5 cm³/mol. The fourth-order valence-corrected chi connectivity index (χ4v) is 2.02. The van der Waals surface area contributed by atoms with Crippen LogP contribution in [-0.4, -0.2) is 47.8 Å². The summed E-state index contributed by atoms with van der Waals surface area (Å²) in [4.78, 5) is 11.1. The summed E-state index contributed by atoms with van der Waals surface area (Å²) in [5.74, 6) is -0.363. The van der Waals surface area contributed by atoms with Crippen molar-refractivity contribution in [3.63, 3.8) is 0 Å². The van der Waals surface area contributed by atoms with E-state index < -0.39 is 23.1 Å². The van der Waals surface area contributed by atoms with Gasteiger partial charge >= 0.3 is 5.97 Å². The number of esters is 1. The number of rotatable bonds is 9. The van der Waals surface area contributed by atoms with E-state index in [1.165, 1.54) is 0 Å². The Morgan fingerprint density at radius 2 is 1.69 bits per heavy atom. The van der Waals surface area contributed by atoms with Crippen LogP contribution in [-0.2, 0) is 29.8 Å². The number of ether oxygens (including phenoxy) is 3. The van der Waals surface area contributed by atoms with Gasteiger partial charge in [0.05, 0.1) is 12.4 Å². The molecule has 0 bridgehead atoms. The minimum atomic E-state index is -1.31. The maximum Gasteiger partial charge on any atom is 0.318 e. The minimum absolute atomic E-state index is 0.107. The molecule has 0 aliphatic carbocycles. The van der Waals surface area contributed by atoms with Crippen molar-refractivity contribution in [1.29, 1.82) is 0 Å². The lowest BCUT2D eigenvalue weighted by Gasteiger charge is -2.15. The second kappa shape index (κ2) is 9.74. The molecule has 1 unspecified atom stereocenters. The third kappa shape index (κ3) is 7.78. The van der Waals surface area contributed by atoms with Gasteiger partial charge in [-0.15, -0.1) is 0 Å². The van der Waals surface area contributed by atoms with Gasteiger partial charge in [-0.2, -0.15) is 0 Å². The molecule has 0 amide bonds. The Kier molecular flexibility index (Phi) is 9.46. The van der Waals surface area contributed by atoms with E-state index >= 15 is 0 Å². The minimum Gasteiger partial charge on any atom is -0.465 e. The molecule has 0 N–H and O–H groups in total. The largest absolute Gasteiger partial charge is 0.465 e. The first-order chi connectivity index (χ1) is 7.63. The number of carbonyl (C=O) groups is 1. The van der Waals surface area contributed by atoms with E-state index in [4.69, 9.17) is 14.2 Å². The molecule has 0 aliphatic rings. The van der Waals surface area contributed by atoms with Crippen LogP contribution < -0.4 is 0 Å². The Morgan fingerprint density at radius 3 is 2.12 bits per heavy atom. The highest BCUT2D eigenvalue weighted by atomic mass is 32.2. The number of hydrogen-bond donors (Lipinski definition) is 0. The molecule has 96 valence electrons. The van der Waals surface area contributed by atoms with Crippen LogP contribution in [0.25, 0.3) is 0 Å². The topological polar surface area (TPSA) is 61.8 Å². The molecular formula is C10H20O5S. The fourth-order valence-electron chi connectivity index (χ4n) is 1.06. The summed E-state index contributed by atoms with van der Waals surface area (Å²) in [5, 5.41) is 0. The van der Waals surface area contributed by atoms with E-state index in [1.54, 1.807) is 6.92 Å². The van der Waals surface area contributed by atoms with Crippen LogP contribution in [0.2, 0.25) is 0 Å². The molecule has 0 fully saturated rings. The molecule has 6 heteroatoms. The lowest BCUT2D eigenvalue weighted by Crippen LogP contribution is -2.27. The van der Waals surface area contributed by atoms with Gasteiger partial charge < -0.3 is 14.2 Å². The van der Waals surface area contributed by atoms with Crippen LogP contribution in [0, 0.1) is 0 Å². The molecule has 0 saturated carbocycles. The first-order valence-corrected chi connectivity index (χ1v) is 6.86. The second-order valence-corrected chi connectivity index (χ2v) is 4.40. The monoisotopic (exact) mass is 252 g/mol. The van der Waals surface area contributed by atoms with Gasteiger partial charge in [-0.3, -0.25) is 9.00 Å². The Balaban J connectivity index is 3.93. The van der Waals surface area contributed by atoms with Gasteiger partial charge in [-0.05, 0) is 20.8 Å². The van der Waals surface area contributed by atoms with Crippen molar-refractivity contribution >= 4 is 16.8 Å². The quantitative estimate of drug-likeness (QED) is 0.446. The summed E-state index contributed by atoms with van der Waals surface area (Å²) in [6.45, 7) is 6.66. The van der Waals surface area contributed by atoms with Crippen LogP contribution in [0.4, 0.5) is 0 Å². The van der Waals surface area contributed by atoms with Gasteiger partial charge in [0.15, 0.2) is 6.29 Å². The van der Waals surface area contributed by atoms with Crippen LogP contribution in [0.3, 0.4) is 0 Å². The molecule has 0 heterocycles. The highest BCUT2D eigenvalue weighted by Crippen LogP contribution is 1.99. The average molecular weight is 252 g/mol. The number of hydrogen-bond acceptors (Lipinski definition) is 5. The van der Waals surface area contributed by atoms with Gasteiger partial charge in [-0.1, -0.05) is 0 Å². The lowest BCUT2D eigenvalue weighted by atomic mass is 10.7. The summed E-state index contributed by atoms with van der Waals surface area (Å²) in [6, 6.07) is 0. The third-order valence-electron chi connectivity index (χ3n) is 1.61. The Labute approximate surface area is 98.9 Å². The van der Waals surface area contributed by atoms with Gasteiger partial charge in [-0.25, -0.2) is 0 Å². The molecule has 0 radical (unpaired) electrons. The van der Waals surface area contributed by atoms with Crippen LogP contribution in [0.15, 0.2) is 0 Å². The van der Waals surface area contributed by atoms with Gasteiger partial charge in [0.2, 0.25) is 0 Å². The van der Waals surface area contributed by atoms with Crippen molar-refractivity contribution in [3.05, 3.63) is 0 Å². The van der Waals surface area contributed by atoms with Crippen LogP contribution in [0.1, 0.15) is 20.8 Å². The summed E-state index contributed by atoms with van der Waals surface area (Å²) in [5.41, 5.74) is 0. The molecule has 0 aromatic rings. The maximum absolute atomic E-state index is 11.5. The molecule has 5 nitrogen and oxygen atoms in total. The van der Waals surface area contributed by atoms with Crippen LogP contribution in [0.5, 0.6) is 0 Å². The van der Waals surface area contributed by atoms with Crippen molar-refractivity contribution in [3.8, 4) is 0 Å². The van der Waals surface area contributed by atoms with E-state index in [-0.39, 0.29) is 11.5 Å². The molecular weight excluding hydrogens is 232 g/mol. The Hall–Kier alpha value is -0.460. The predicted octanol–water partition coefficient (Wildman–Crippen LogP) is 0.697. The number of carbonyl (C=O) groups excluding carboxylic acids is 1. The smallest absolute Gasteiger partial charge is 0.318 e. The van der Waals surface area contributed by atoms with Gasteiger partial charge in [0.25, 0.3) is 0 Å². The van der Waals surface area contributed by atoms with Gasteiger partial charge in [0.1, 0.15) is 5.75 Å². The van der Waals surface area contributed by atoms with Crippen LogP contribution >= 0.6 is 0 Å². The summed E-state index contributed by atoms with van der Waals surface area (Å²) >= 11 is 0. The molecule has 0 aromatic carbocycles. The standard InChI is InChI=1S/C10H20O5S/c1-4-13-9(11)7-16(12)8-10(14-5-2)15-6-3/h10H,4-8H2,1-3H3. The zero-order chi connectivity index (χ0) is 12.4. The molecule has 0 aliphatic heterocycles. The zero-order valence-electron chi connectivity index (χ0n) is 10.1. The van der Waals surface area contributed by atoms with Gasteiger partial charge in [0, 0.05) is 24.0 Å². The van der Waals surface area contributed by atoms with Crippen molar-refractivity contribution < 1.29 is 23.2 Å². The van der Waals surface area contributed by atoms with E-state index in [0.29, 0.717) is 19.8 Å². The maximum atomic E-state index is 11.5. The van der Waals surface area contributed by atoms with E-state index in [9.17, 15) is 9.00 Å². The summed E-state index contributed by atoms with van der Waals surface area (Å²) in [7, 11) is -1.31. The molecule has 0 saturated heterocycles. The summed E-state index contributed by atoms with van der Waals surface area (Å²) < 4.78 is 26.7. The van der Waals surface area contributed by atoms with E-state index in [1.807, 2.05) is 13.8 Å². The molecule has 0 aromatic heterocycles.